The molecule has 17 heavy (non-hydrogen) atoms. The summed E-state index contributed by atoms with van der Waals surface area (Å²) in [5.41, 5.74) is 2.74. The maximum atomic E-state index is 13.4. The molecule has 0 heterocycles. The highest BCUT2D eigenvalue weighted by molar-refractivity contribution is 7.99. The Labute approximate surface area is 106 Å². The predicted octanol–water partition coefficient (Wildman–Crippen LogP) is 2.55. The van der Waals surface area contributed by atoms with Crippen LogP contribution in [-0.4, -0.2) is 11.8 Å². The van der Waals surface area contributed by atoms with Crippen LogP contribution in [0.25, 0.3) is 0 Å². The van der Waals surface area contributed by atoms with Crippen LogP contribution < -0.4 is 11.3 Å². The van der Waals surface area contributed by atoms with Crippen molar-refractivity contribution in [2.75, 3.05) is 5.75 Å². The first-order valence-electron chi connectivity index (χ1n) is 5.51. The molecule has 0 saturated heterocycles. The maximum Gasteiger partial charge on any atom is 0.136 e. The fourth-order valence-corrected chi connectivity index (χ4v) is 2.36. The fourth-order valence-electron chi connectivity index (χ4n) is 1.34. The number of nitrogens with two attached hydrogens (primary N) is 1. The van der Waals surface area contributed by atoms with Gasteiger partial charge in [0.1, 0.15) is 5.82 Å². The molecule has 1 unspecified atom stereocenters. The van der Waals surface area contributed by atoms with E-state index in [1.165, 1.54) is 17.8 Å². The van der Waals surface area contributed by atoms with Crippen LogP contribution in [0.2, 0.25) is 0 Å². The molecule has 0 amide bonds. The van der Waals surface area contributed by atoms with Gasteiger partial charge in [-0.3, -0.25) is 11.3 Å². The van der Waals surface area contributed by atoms with Gasteiger partial charge in [0.15, 0.2) is 0 Å². The van der Waals surface area contributed by atoms with Crippen molar-refractivity contribution in [2.45, 2.75) is 30.7 Å². The minimum atomic E-state index is -0.179. The number of halogens is 1. The van der Waals surface area contributed by atoms with Gasteiger partial charge in [-0.25, -0.2) is 4.39 Å². The largest absolute Gasteiger partial charge is 0.271 e. The van der Waals surface area contributed by atoms with E-state index in [2.05, 4.69) is 17.3 Å². The number of hydrazine groups is 1. The molecule has 0 aliphatic heterocycles. The zero-order chi connectivity index (χ0) is 12.5. The monoisotopic (exact) mass is 252 g/mol. The molecular weight excluding hydrogens is 235 g/mol. The minimum absolute atomic E-state index is 0.153. The summed E-state index contributed by atoms with van der Waals surface area (Å²) in [6, 6.07) is 6.92. The highest BCUT2D eigenvalue weighted by atomic mass is 32.2. The molecule has 4 heteroatoms. The molecule has 0 aliphatic carbocycles. The molecule has 1 aromatic rings. The van der Waals surface area contributed by atoms with E-state index in [-0.39, 0.29) is 11.9 Å². The summed E-state index contributed by atoms with van der Waals surface area (Å²) in [7, 11) is 0. The molecule has 0 aliphatic rings. The van der Waals surface area contributed by atoms with Crippen molar-refractivity contribution in [1.82, 2.24) is 5.43 Å². The Morgan fingerprint density at radius 1 is 1.47 bits per heavy atom. The highest BCUT2D eigenvalue weighted by Gasteiger charge is 2.08. The van der Waals surface area contributed by atoms with Crippen molar-refractivity contribution in [3.8, 4) is 11.8 Å². The van der Waals surface area contributed by atoms with Gasteiger partial charge < -0.3 is 0 Å². The van der Waals surface area contributed by atoms with Crippen molar-refractivity contribution in [2.24, 2.45) is 5.84 Å². The summed E-state index contributed by atoms with van der Waals surface area (Å²) in [5, 5.41) is 0. The summed E-state index contributed by atoms with van der Waals surface area (Å²) in [5.74, 6) is 11.9. The van der Waals surface area contributed by atoms with E-state index >= 15 is 0 Å². The molecule has 3 N–H and O–H groups in total. The van der Waals surface area contributed by atoms with Gasteiger partial charge in [0.25, 0.3) is 0 Å². The molecule has 1 rings (SSSR count). The molecule has 0 fully saturated rings. The van der Waals surface area contributed by atoms with Gasteiger partial charge in [-0.05, 0) is 25.5 Å². The molecule has 2 nitrogen and oxygen atoms in total. The standard InChI is InChI=1S/C13H17FN2S/c1-2-3-4-7-11(16-15)10-17-13-9-6-5-8-12(13)14/h5-6,8-9,11,16H,4,7,10,15H2,1H3. The van der Waals surface area contributed by atoms with Crippen LogP contribution in [0.1, 0.15) is 19.8 Å². The van der Waals surface area contributed by atoms with E-state index in [1.54, 1.807) is 12.1 Å². The summed E-state index contributed by atoms with van der Waals surface area (Å²) < 4.78 is 13.4. The normalized spacial score (nSPS) is 11.7. The summed E-state index contributed by atoms with van der Waals surface area (Å²) in [6.07, 6.45) is 1.68. The number of rotatable bonds is 6. The van der Waals surface area contributed by atoms with Crippen LogP contribution in [0.3, 0.4) is 0 Å². The fraction of sp³-hybridized carbons (Fsp3) is 0.385. The molecular formula is C13H17FN2S. The van der Waals surface area contributed by atoms with Crippen LogP contribution in [0.4, 0.5) is 4.39 Å². The Hall–Kier alpha value is -1.02. The Kier molecular flexibility index (Phi) is 6.71. The smallest absolute Gasteiger partial charge is 0.136 e. The van der Waals surface area contributed by atoms with Crippen LogP contribution in [-0.2, 0) is 0 Å². The lowest BCUT2D eigenvalue weighted by molar-refractivity contribution is 0.546. The first-order valence-corrected chi connectivity index (χ1v) is 6.49. The second-order valence-corrected chi connectivity index (χ2v) is 4.63. The van der Waals surface area contributed by atoms with E-state index in [4.69, 9.17) is 5.84 Å². The first-order chi connectivity index (χ1) is 8.27. The SMILES string of the molecule is CC#CCCC(CSc1ccccc1F)NN. The average molecular weight is 252 g/mol. The maximum absolute atomic E-state index is 13.4. The topological polar surface area (TPSA) is 38.0 Å². The van der Waals surface area contributed by atoms with Crippen LogP contribution in [0.15, 0.2) is 29.2 Å². The quantitative estimate of drug-likeness (QED) is 0.354. The second-order valence-electron chi connectivity index (χ2n) is 3.57. The van der Waals surface area contributed by atoms with Crippen molar-refractivity contribution in [1.29, 1.82) is 0 Å². The second kappa shape index (κ2) is 8.13. The van der Waals surface area contributed by atoms with Gasteiger partial charge in [-0.1, -0.05) is 12.1 Å². The summed E-state index contributed by atoms with van der Waals surface area (Å²) in [4.78, 5) is 0.661. The third-order valence-corrected chi connectivity index (χ3v) is 3.52. The van der Waals surface area contributed by atoms with Gasteiger partial charge in [-0.2, -0.15) is 0 Å². The third kappa shape index (κ3) is 5.22. The van der Waals surface area contributed by atoms with Crippen LogP contribution in [0.5, 0.6) is 0 Å². The van der Waals surface area contributed by atoms with Crippen molar-refractivity contribution < 1.29 is 4.39 Å². The minimum Gasteiger partial charge on any atom is -0.271 e. The first kappa shape index (κ1) is 14.0. The summed E-state index contributed by atoms with van der Waals surface area (Å²) in [6.45, 7) is 1.82. The molecule has 1 atom stereocenters. The van der Waals surface area contributed by atoms with E-state index < -0.39 is 0 Å². The average Bonchev–Trinajstić information content (AvgIpc) is 2.35. The molecule has 0 aromatic heterocycles. The molecule has 0 bridgehead atoms. The Bertz CT molecular complexity index is 398. The molecule has 0 saturated carbocycles. The van der Waals surface area contributed by atoms with E-state index in [1.807, 2.05) is 13.0 Å². The molecule has 0 spiro atoms. The Morgan fingerprint density at radius 2 is 2.24 bits per heavy atom. The van der Waals surface area contributed by atoms with Gasteiger partial charge in [-0.15, -0.1) is 23.6 Å². The summed E-state index contributed by atoms with van der Waals surface area (Å²) >= 11 is 1.47. The highest BCUT2D eigenvalue weighted by Crippen LogP contribution is 2.22. The number of thioether (sulfide) groups is 1. The Morgan fingerprint density at radius 3 is 2.88 bits per heavy atom. The van der Waals surface area contributed by atoms with E-state index in [0.29, 0.717) is 4.90 Å². The van der Waals surface area contributed by atoms with Crippen molar-refractivity contribution >= 4 is 11.8 Å². The molecule has 92 valence electrons. The Balaban J connectivity index is 2.41. The number of hydrogen-bond acceptors (Lipinski definition) is 3. The lowest BCUT2D eigenvalue weighted by Crippen LogP contribution is -2.36. The molecule has 0 radical (unpaired) electrons. The lowest BCUT2D eigenvalue weighted by atomic mass is 10.2. The number of nitrogens with one attached hydrogen (secondary N) is 1. The van der Waals surface area contributed by atoms with E-state index in [0.717, 1.165) is 18.6 Å². The van der Waals surface area contributed by atoms with Gasteiger partial charge in [0.2, 0.25) is 0 Å². The zero-order valence-corrected chi connectivity index (χ0v) is 10.7. The van der Waals surface area contributed by atoms with Gasteiger partial charge in [0.05, 0.1) is 0 Å². The van der Waals surface area contributed by atoms with Crippen molar-refractivity contribution in [3.05, 3.63) is 30.1 Å². The third-order valence-electron chi connectivity index (χ3n) is 2.31. The number of hydrogen-bond donors (Lipinski definition) is 2. The van der Waals surface area contributed by atoms with Gasteiger partial charge in [0, 0.05) is 23.1 Å². The van der Waals surface area contributed by atoms with Crippen LogP contribution in [0, 0.1) is 17.7 Å². The lowest BCUT2D eigenvalue weighted by Gasteiger charge is -2.14. The zero-order valence-electron chi connectivity index (χ0n) is 9.87. The van der Waals surface area contributed by atoms with Crippen molar-refractivity contribution in [3.63, 3.8) is 0 Å². The predicted molar refractivity (Wildman–Crippen MR) is 70.9 cm³/mol. The van der Waals surface area contributed by atoms with Gasteiger partial charge >= 0.3 is 0 Å². The van der Waals surface area contributed by atoms with E-state index in [9.17, 15) is 4.39 Å². The molecule has 1 aromatic carbocycles. The van der Waals surface area contributed by atoms with Crippen LogP contribution >= 0.6 is 11.8 Å². The number of benzene rings is 1.